The van der Waals surface area contributed by atoms with Crippen LogP contribution in [0.5, 0.6) is 0 Å². The monoisotopic (exact) mass is 282 g/mol. The summed E-state index contributed by atoms with van der Waals surface area (Å²) >= 11 is 5.17. The Hall–Kier alpha value is -0.740. The van der Waals surface area contributed by atoms with Crippen LogP contribution in [-0.4, -0.2) is 9.97 Å². The molecule has 0 fully saturated rings. The molecule has 0 aliphatic rings. The van der Waals surface area contributed by atoms with Gasteiger partial charge in [0.1, 0.15) is 4.60 Å². The normalized spacial score (nSPS) is 10.7. The summed E-state index contributed by atoms with van der Waals surface area (Å²) in [4.78, 5) is 11.3. The summed E-state index contributed by atoms with van der Waals surface area (Å²) in [6, 6.07) is 4.16. The first-order valence-electron chi connectivity index (χ1n) is 4.65. The molecule has 2 aromatic rings. The van der Waals surface area contributed by atoms with Gasteiger partial charge in [0.05, 0.1) is 4.88 Å². The molecule has 0 spiro atoms. The summed E-state index contributed by atoms with van der Waals surface area (Å²) in [7, 11) is 0. The van der Waals surface area contributed by atoms with Crippen LogP contribution in [0.25, 0.3) is 10.7 Å². The van der Waals surface area contributed by atoms with Crippen LogP contribution in [0.15, 0.2) is 16.7 Å². The Morgan fingerprint density at radius 3 is 2.40 bits per heavy atom. The van der Waals surface area contributed by atoms with E-state index in [2.05, 4.69) is 45.0 Å². The average Bonchev–Trinajstić information content (AvgIpc) is 2.60. The lowest BCUT2D eigenvalue weighted by Crippen LogP contribution is -1.95. The number of nitrogens with zero attached hydrogens (tertiary/aromatic N) is 2. The minimum absolute atomic E-state index is 0.808. The Balaban J connectivity index is 2.55. The second-order valence-corrected chi connectivity index (χ2v) is 5.50. The third-order valence-electron chi connectivity index (χ3n) is 2.29. The third kappa shape index (κ3) is 2.11. The molecule has 0 aliphatic heterocycles. The van der Waals surface area contributed by atoms with Gasteiger partial charge in [-0.15, -0.1) is 11.3 Å². The van der Waals surface area contributed by atoms with Crippen LogP contribution >= 0.6 is 27.3 Å². The van der Waals surface area contributed by atoms with Crippen molar-refractivity contribution < 1.29 is 0 Å². The summed E-state index contributed by atoms with van der Waals surface area (Å²) in [5.41, 5.74) is 2.13. The van der Waals surface area contributed by atoms with Gasteiger partial charge in [0.2, 0.25) is 0 Å². The molecule has 0 saturated heterocycles. The van der Waals surface area contributed by atoms with Crippen molar-refractivity contribution in [1.82, 2.24) is 9.97 Å². The van der Waals surface area contributed by atoms with Gasteiger partial charge in [0.15, 0.2) is 5.82 Å². The first-order valence-corrected chi connectivity index (χ1v) is 6.26. The van der Waals surface area contributed by atoms with Crippen molar-refractivity contribution in [1.29, 1.82) is 0 Å². The standard InChI is InChI=1S/C11H11BrN2S/c1-6-4-5-9(15-6)11-13-8(3)7(2)10(12)14-11/h4-5H,1-3H3. The zero-order chi connectivity index (χ0) is 11.0. The molecule has 15 heavy (non-hydrogen) atoms. The van der Waals surface area contributed by atoms with Crippen LogP contribution < -0.4 is 0 Å². The smallest absolute Gasteiger partial charge is 0.170 e. The topological polar surface area (TPSA) is 25.8 Å². The molecule has 0 bridgehead atoms. The van der Waals surface area contributed by atoms with Crippen LogP contribution in [0.2, 0.25) is 0 Å². The number of thiophene rings is 1. The minimum atomic E-state index is 0.808. The fourth-order valence-corrected chi connectivity index (χ4v) is 2.52. The van der Waals surface area contributed by atoms with Crippen molar-refractivity contribution in [3.63, 3.8) is 0 Å². The number of aryl methyl sites for hydroxylation is 2. The van der Waals surface area contributed by atoms with Crippen LogP contribution in [0.1, 0.15) is 16.1 Å². The molecular formula is C11H11BrN2S. The lowest BCUT2D eigenvalue weighted by Gasteiger charge is -2.04. The summed E-state index contributed by atoms with van der Waals surface area (Å²) in [5.74, 6) is 0.808. The van der Waals surface area contributed by atoms with Crippen LogP contribution in [0, 0.1) is 20.8 Å². The van der Waals surface area contributed by atoms with E-state index in [9.17, 15) is 0 Å². The van der Waals surface area contributed by atoms with Gasteiger partial charge in [-0.2, -0.15) is 0 Å². The molecule has 0 radical (unpaired) electrons. The highest BCUT2D eigenvalue weighted by molar-refractivity contribution is 9.10. The van der Waals surface area contributed by atoms with Crippen LogP contribution in [0.4, 0.5) is 0 Å². The van der Waals surface area contributed by atoms with E-state index < -0.39 is 0 Å². The van der Waals surface area contributed by atoms with Crippen molar-refractivity contribution in [3.8, 4) is 10.7 Å². The Bertz CT molecular complexity index is 482. The SMILES string of the molecule is Cc1ccc(-c2nc(C)c(C)c(Br)n2)s1. The van der Waals surface area contributed by atoms with Gasteiger partial charge in [-0.05, 0) is 48.8 Å². The molecule has 0 atom stereocenters. The van der Waals surface area contributed by atoms with Crippen molar-refractivity contribution in [2.45, 2.75) is 20.8 Å². The van der Waals surface area contributed by atoms with Gasteiger partial charge < -0.3 is 0 Å². The Kier molecular flexibility index (Phi) is 2.89. The first-order chi connectivity index (χ1) is 7.08. The Morgan fingerprint density at radius 2 is 1.87 bits per heavy atom. The number of hydrogen-bond donors (Lipinski definition) is 0. The molecule has 0 N–H and O–H groups in total. The molecule has 2 heterocycles. The number of halogens is 1. The predicted molar refractivity (Wildman–Crippen MR) is 67.3 cm³/mol. The Morgan fingerprint density at radius 1 is 1.13 bits per heavy atom. The number of rotatable bonds is 1. The molecule has 2 rings (SSSR count). The Labute approximate surface area is 102 Å². The summed E-state index contributed by atoms with van der Waals surface area (Å²) < 4.78 is 0.885. The second kappa shape index (κ2) is 4.02. The molecule has 0 aromatic carbocycles. The minimum Gasteiger partial charge on any atom is -0.232 e. The fraction of sp³-hybridized carbons (Fsp3) is 0.273. The quantitative estimate of drug-likeness (QED) is 0.742. The molecule has 0 aliphatic carbocycles. The lowest BCUT2D eigenvalue weighted by atomic mass is 10.3. The van der Waals surface area contributed by atoms with E-state index in [0.29, 0.717) is 0 Å². The van der Waals surface area contributed by atoms with E-state index in [1.165, 1.54) is 4.88 Å². The predicted octanol–water partition coefficient (Wildman–Crippen LogP) is 3.89. The maximum Gasteiger partial charge on any atom is 0.170 e. The van der Waals surface area contributed by atoms with E-state index in [4.69, 9.17) is 0 Å². The van der Waals surface area contributed by atoms with E-state index in [1.807, 2.05) is 13.8 Å². The third-order valence-corrected chi connectivity index (χ3v) is 4.06. The lowest BCUT2D eigenvalue weighted by molar-refractivity contribution is 1.05. The van der Waals surface area contributed by atoms with Crippen molar-refractivity contribution >= 4 is 27.3 Å². The van der Waals surface area contributed by atoms with Gasteiger partial charge in [0.25, 0.3) is 0 Å². The fourth-order valence-electron chi connectivity index (χ4n) is 1.26. The van der Waals surface area contributed by atoms with Gasteiger partial charge in [-0.25, -0.2) is 9.97 Å². The zero-order valence-electron chi connectivity index (χ0n) is 8.84. The first kappa shape index (κ1) is 10.8. The van der Waals surface area contributed by atoms with Crippen molar-refractivity contribution in [2.75, 3.05) is 0 Å². The van der Waals surface area contributed by atoms with Crippen molar-refractivity contribution in [2.24, 2.45) is 0 Å². The number of aromatic nitrogens is 2. The van der Waals surface area contributed by atoms with E-state index in [-0.39, 0.29) is 0 Å². The number of hydrogen-bond acceptors (Lipinski definition) is 3. The van der Waals surface area contributed by atoms with Gasteiger partial charge in [-0.1, -0.05) is 0 Å². The molecule has 78 valence electrons. The molecule has 2 aromatic heterocycles. The largest absolute Gasteiger partial charge is 0.232 e. The maximum absolute atomic E-state index is 4.49. The van der Waals surface area contributed by atoms with Gasteiger partial charge >= 0.3 is 0 Å². The van der Waals surface area contributed by atoms with Crippen molar-refractivity contribution in [3.05, 3.63) is 32.9 Å². The van der Waals surface area contributed by atoms with Gasteiger partial charge in [0, 0.05) is 16.1 Å². The highest BCUT2D eigenvalue weighted by atomic mass is 79.9. The van der Waals surface area contributed by atoms with Gasteiger partial charge in [-0.3, -0.25) is 0 Å². The molecule has 0 unspecified atom stereocenters. The van der Waals surface area contributed by atoms with E-state index in [1.54, 1.807) is 11.3 Å². The summed E-state index contributed by atoms with van der Waals surface area (Å²) in [6.07, 6.45) is 0. The second-order valence-electron chi connectivity index (χ2n) is 3.46. The highest BCUT2D eigenvalue weighted by Gasteiger charge is 2.08. The molecular weight excluding hydrogens is 272 g/mol. The highest BCUT2D eigenvalue weighted by Crippen LogP contribution is 2.27. The van der Waals surface area contributed by atoms with E-state index >= 15 is 0 Å². The molecule has 0 saturated carbocycles. The average molecular weight is 283 g/mol. The van der Waals surface area contributed by atoms with Crippen LogP contribution in [0.3, 0.4) is 0 Å². The van der Waals surface area contributed by atoms with E-state index in [0.717, 1.165) is 26.6 Å². The summed E-state index contributed by atoms with van der Waals surface area (Å²) in [6.45, 7) is 6.11. The van der Waals surface area contributed by atoms with Crippen LogP contribution in [-0.2, 0) is 0 Å². The maximum atomic E-state index is 4.49. The molecule has 4 heteroatoms. The zero-order valence-corrected chi connectivity index (χ0v) is 11.2. The summed E-state index contributed by atoms with van der Waals surface area (Å²) in [5, 5.41) is 0. The molecule has 2 nitrogen and oxygen atoms in total. The molecule has 0 amide bonds.